The molecule has 2 heteroatoms. The molecule has 0 radical (unpaired) electrons. The summed E-state index contributed by atoms with van der Waals surface area (Å²) in [6.45, 7) is 19.7. The van der Waals surface area contributed by atoms with Crippen LogP contribution in [0.25, 0.3) is 54.9 Å². The van der Waals surface area contributed by atoms with E-state index < -0.39 is 0 Å². The van der Waals surface area contributed by atoms with E-state index in [-0.39, 0.29) is 21.7 Å². The second kappa shape index (κ2) is 19.3. The Morgan fingerprint density at radius 3 is 0.955 bits per heavy atom. The zero-order valence-corrected chi connectivity index (χ0v) is 45.2. The highest BCUT2D eigenvalue weighted by Gasteiger charge is 2.52. The van der Waals surface area contributed by atoms with E-state index in [9.17, 15) is 0 Å². The molecule has 3 aliphatic carbocycles. The Kier molecular flexibility index (Phi) is 14.0. The molecule has 0 aliphatic heterocycles. The van der Waals surface area contributed by atoms with Crippen molar-refractivity contribution in [2.24, 2.45) is 0 Å². The van der Waals surface area contributed by atoms with Crippen LogP contribution in [-0.2, 0) is 21.7 Å². The molecule has 0 bridgehead atoms. The second-order valence-electron chi connectivity index (χ2n) is 22.2. The van der Waals surface area contributed by atoms with Gasteiger partial charge in [-0.2, -0.15) is 0 Å². The molecule has 0 aromatic heterocycles. The lowest BCUT2D eigenvalue weighted by Gasteiger charge is -2.49. The highest BCUT2D eigenvalue weighted by molar-refractivity contribution is 9.11. The lowest BCUT2D eigenvalue weighted by atomic mass is 9.54. The molecule has 3 aliphatic rings. The summed E-state index contributed by atoms with van der Waals surface area (Å²) in [6.07, 6.45) is 25.4. The molecule has 9 rings (SSSR count). The van der Waals surface area contributed by atoms with Crippen molar-refractivity contribution in [3.8, 4) is 33.4 Å². The third kappa shape index (κ3) is 7.72. The number of halogens is 2. The van der Waals surface area contributed by atoms with E-state index in [1.807, 2.05) is 0 Å². The molecule has 6 aromatic carbocycles. The molecule has 0 amide bonds. The van der Waals surface area contributed by atoms with E-state index in [1.54, 1.807) is 22.3 Å². The van der Waals surface area contributed by atoms with Crippen molar-refractivity contribution < 1.29 is 0 Å². The lowest BCUT2D eigenvalue weighted by Crippen LogP contribution is -2.44. The van der Waals surface area contributed by atoms with Crippen LogP contribution < -0.4 is 0 Å². The fourth-order valence-electron chi connectivity index (χ4n) is 13.6. The van der Waals surface area contributed by atoms with E-state index in [4.69, 9.17) is 0 Å². The molecule has 0 atom stereocenters. The molecule has 66 heavy (non-hydrogen) atoms. The average Bonchev–Trinajstić information content (AvgIpc) is 3.73. The van der Waals surface area contributed by atoms with Gasteiger partial charge in [-0.15, -0.1) is 0 Å². The summed E-state index contributed by atoms with van der Waals surface area (Å²) in [4.78, 5) is 0. The fourth-order valence-corrected chi connectivity index (χ4v) is 14.7. The molecule has 0 nitrogen and oxygen atoms in total. The van der Waals surface area contributed by atoms with Crippen LogP contribution in [0.5, 0.6) is 0 Å². The fraction of sp³-hybridized carbons (Fsp3) is 0.500. The van der Waals surface area contributed by atoms with Crippen LogP contribution in [0.1, 0.15) is 217 Å². The van der Waals surface area contributed by atoms with Crippen LogP contribution in [0.4, 0.5) is 0 Å². The van der Waals surface area contributed by atoms with Crippen molar-refractivity contribution in [2.75, 3.05) is 0 Å². The maximum Gasteiger partial charge on any atom is 0.0257 e. The van der Waals surface area contributed by atoms with Gasteiger partial charge in [0.15, 0.2) is 0 Å². The summed E-state index contributed by atoms with van der Waals surface area (Å²) in [6, 6.07) is 34.8. The zero-order chi connectivity index (χ0) is 46.4. The Bertz CT molecular complexity index is 2530. The summed E-state index contributed by atoms with van der Waals surface area (Å²) in [5, 5.41) is 5.48. The van der Waals surface area contributed by atoms with Crippen LogP contribution in [0, 0.1) is 0 Å². The van der Waals surface area contributed by atoms with Crippen LogP contribution in [0.3, 0.4) is 0 Å². The van der Waals surface area contributed by atoms with Crippen molar-refractivity contribution in [3.05, 3.63) is 127 Å². The van der Waals surface area contributed by atoms with Crippen molar-refractivity contribution in [3.63, 3.8) is 0 Å². The molecule has 0 heterocycles. The summed E-state index contributed by atoms with van der Waals surface area (Å²) in [5.41, 5.74) is 18.2. The molecule has 6 aromatic rings. The number of fused-ring (bicyclic) bond motifs is 13. The van der Waals surface area contributed by atoms with Gasteiger partial charge >= 0.3 is 0 Å². The Balaban J connectivity index is 1.34. The first-order valence-corrected chi connectivity index (χ1v) is 28.3. The molecule has 0 spiro atoms. The first-order valence-electron chi connectivity index (χ1n) is 26.7. The van der Waals surface area contributed by atoms with Crippen molar-refractivity contribution in [1.82, 2.24) is 0 Å². The standard InChI is InChI=1S/C64H78Br2/c1-9-13-17-25-33-63(34-26-18-14-10-2)53-37-47-48-38-54-50(60-46-32-24-22-30-44(46)58(66)42-56(60)64(54,35-27-19-15-11-3)36-28-20-16-12-4)40-52(48)62(7,8)61(5,6)51(47)39-49(53)59-45-31-23-21-29-43(45)57(65)41-55(59)63/h21-24,29-32,37-42H,9-20,25-28,33-36H2,1-8H3. The molecule has 348 valence electrons. The highest BCUT2D eigenvalue weighted by atomic mass is 79.9. The van der Waals surface area contributed by atoms with Gasteiger partial charge in [-0.25, -0.2) is 0 Å². The summed E-state index contributed by atoms with van der Waals surface area (Å²) < 4.78 is 2.49. The lowest BCUT2D eigenvalue weighted by molar-refractivity contribution is 0.299. The Labute approximate surface area is 416 Å². The molecular weight excluding hydrogens is 929 g/mol. The molecule has 0 saturated heterocycles. The number of hydrogen-bond acceptors (Lipinski definition) is 0. The Morgan fingerprint density at radius 2 is 0.636 bits per heavy atom. The van der Waals surface area contributed by atoms with Crippen molar-refractivity contribution in [1.29, 1.82) is 0 Å². The van der Waals surface area contributed by atoms with Gasteiger partial charge in [-0.3, -0.25) is 0 Å². The van der Waals surface area contributed by atoms with E-state index in [0.717, 1.165) is 0 Å². The third-order valence-electron chi connectivity index (χ3n) is 17.9. The van der Waals surface area contributed by atoms with Crippen LogP contribution >= 0.6 is 31.9 Å². The smallest absolute Gasteiger partial charge is 0.0257 e. The van der Waals surface area contributed by atoms with Gasteiger partial charge in [0.25, 0.3) is 0 Å². The van der Waals surface area contributed by atoms with Crippen LogP contribution in [-0.4, -0.2) is 0 Å². The quantitative estimate of drug-likeness (QED) is 0.0669. The monoisotopic (exact) mass is 1000 g/mol. The van der Waals surface area contributed by atoms with E-state index in [2.05, 4.69) is 172 Å². The molecule has 0 N–H and O–H groups in total. The Morgan fingerprint density at radius 1 is 0.333 bits per heavy atom. The minimum atomic E-state index is -0.113. The summed E-state index contributed by atoms with van der Waals surface area (Å²) >= 11 is 8.35. The van der Waals surface area contributed by atoms with Crippen molar-refractivity contribution >= 4 is 53.4 Å². The van der Waals surface area contributed by atoms with Gasteiger partial charge in [0, 0.05) is 19.8 Å². The maximum absolute atomic E-state index is 4.17. The largest absolute Gasteiger partial charge is 0.0654 e. The highest BCUT2D eigenvalue weighted by Crippen LogP contribution is 2.65. The molecular formula is C64H78Br2. The van der Waals surface area contributed by atoms with Gasteiger partial charge < -0.3 is 0 Å². The number of unbranched alkanes of at least 4 members (excludes halogenated alkanes) is 12. The minimum absolute atomic E-state index is 0.0223. The number of benzene rings is 6. The minimum Gasteiger partial charge on any atom is -0.0654 e. The molecule has 0 unspecified atom stereocenters. The van der Waals surface area contributed by atoms with E-state index >= 15 is 0 Å². The van der Waals surface area contributed by atoms with Gasteiger partial charge in [0.1, 0.15) is 0 Å². The second-order valence-corrected chi connectivity index (χ2v) is 23.9. The van der Waals surface area contributed by atoms with Gasteiger partial charge in [0.05, 0.1) is 0 Å². The Hall–Kier alpha value is -3.20. The summed E-state index contributed by atoms with van der Waals surface area (Å²) in [7, 11) is 0. The van der Waals surface area contributed by atoms with Gasteiger partial charge in [-0.1, -0.05) is 239 Å². The first-order chi connectivity index (χ1) is 31.9. The first kappa shape index (κ1) is 47.8. The third-order valence-corrected chi connectivity index (χ3v) is 19.2. The molecule has 0 saturated carbocycles. The summed E-state index contributed by atoms with van der Waals surface area (Å²) in [5.74, 6) is 0. The normalized spacial score (nSPS) is 16.5. The number of hydrogen-bond donors (Lipinski definition) is 0. The van der Waals surface area contributed by atoms with Gasteiger partial charge in [0.2, 0.25) is 0 Å². The SMILES string of the molecule is CCCCCCC1(CCCCCC)c2cc3c(cc2-c2c1cc(Br)c1ccccc21)C(C)(C)C(C)(C)c1cc2c(cc1-3)C(CCCCCC)(CCCCCC)c1cc(Br)c3ccccc3c1-2. The van der Waals surface area contributed by atoms with E-state index in [1.165, 1.54) is 203 Å². The number of rotatable bonds is 20. The van der Waals surface area contributed by atoms with Crippen molar-refractivity contribution in [2.45, 2.75) is 205 Å². The zero-order valence-electron chi connectivity index (χ0n) is 42.0. The van der Waals surface area contributed by atoms with Crippen LogP contribution in [0.15, 0.2) is 93.9 Å². The van der Waals surface area contributed by atoms with E-state index in [0.29, 0.717) is 0 Å². The molecule has 0 fully saturated rings. The van der Waals surface area contributed by atoms with Gasteiger partial charge in [-0.05, 0) is 161 Å². The predicted molar refractivity (Wildman–Crippen MR) is 296 cm³/mol. The van der Waals surface area contributed by atoms with Crippen LogP contribution in [0.2, 0.25) is 0 Å². The predicted octanol–water partition coefficient (Wildman–Crippen LogP) is 21.2. The topological polar surface area (TPSA) is 0 Å². The average molecular weight is 1010 g/mol. The maximum atomic E-state index is 4.17.